The number of benzene rings is 1. The molecule has 0 heterocycles. The Balaban J connectivity index is 2.43. The van der Waals surface area contributed by atoms with Gasteiger partial charge in [0.25, 0.3) is 5.69 Å². The number of hydrogen-bond acceptors (Lipinski definition) is 5. The van der Waals surface area contributed by atoms with Gasteiger partial charge < -0.3 is 15.4 Å². The minimum Gasteiger partial charge on any atom is -0.444 e. The van der Waals surface area contributed by atoms with Gasteiger partial charge in [-0.25, -0.2) is 4.79 Å². The van der Waals surface area contributed by atoms with E-state index < -0.39 is 16.6 Å². The Morgan fingerprint density at radius 2 is 2.09 bits per heavy atom. The number of amides is 1. The summed E-state index contributed by atoms with van der Waals surface area (Å²) in [5.41, 5.74) is 0.293. The van der Waals surface area contributed by atoms with Gasteiger partial charge >= 0.3 is 6.09 Å². The molecular formula is C15H22BrN3O4. The number of rotatable bonds is 6. The minimum absolute atomic E-state index is 0.0317. The zero-order valence-electron chi connectivity index (χ0n) is 13.7. The Hall–Kier alpha value is -1.67. The average Bonchev–Trinajstić information content (AvgIpc) is 2.37. The third kappa shape index (κ3) is 7.43. The minimum atomic E-state index is -0.534. The van der Waals surface area contributed by atoms with Gasteiger partial charge in [-0.05, 0) is 55.3 Å². The fourth-order valence-electron chi connectivity index (χ4n) is 1.80. The molecule has 0 saturated heterocycles. The standard InChI is InChI=1S/C15H22BrN3O4/c1-10(18-14(20)23-15(2,3)4)8-17-9-11-5-6-12(16)13(7-11)19(21)22/h5-7,10,17H,8-9H2,1-4H3,(H,18,20). The summed E-state index contributed by atoms with van der Waals surface area (Å²) in [5.74, 6) is 0. The molecule has 128 valence electrons. The van der Waals surface area contributed by atoms with Gasteiger partial charge in [-0.3, -0.25) is 10.1 Å². The second kappa shape index (κ2) is 8.26. The van der Waals surface area contributed by atoms with Crippen LogP contribution in [0.25, 0.3) is 0 Å². The van der Waals surface area contributed by atoms with E-state index in [2.05, 4.69) is 26.6 Å². The van der Waals surface area contributed by atoms with Crippen molar-refractivity contribution in [3.63, 3.8) is 0 Å². The number of hydrogen-bond donors (Lipinski definition) is 2. The van der Waals surface area contributed by atoms with E-state index >= 15 is 0 Å². The number of carbonyl (C=O) groups excluding carboxylic acids is 1. The predicted molar refractivity (Wildman–Crippen MR) is 91.3 cm³/mol. The summed E-state index contributed by atoms with van der Waals surface area (Å²) in [6, 6.07) is 4.84. The van der Waals surface area contributed by atoms with Crippen molar-refractivity contribution < 1.29 is 14.5 Å². The van der Waals surface area contributed by atoms with Gasteiger partial charge in [-0.2, -0.15) is 0 Å². The van der Waals surface area contributed by atoms with Crippen molar-refractivity contribution in [2.75, 3.05) is 6.54 Å². The molecule has 1 amide bonds. The van der Waals surface area contributed by atoms with Crippen molar-refractivity contribution in [2.45, 2.75) is 45.9 Å². The third-order valence-corrected chi connectivity index (χ3v) is 3.42. The van der Waals surface area contributed by atoms with Gasteiger partial charge in [0.2, 0.25) is 0 Å². The molecule has 0 radical (unpaired) electrons. The van der Waals surface area contributed by atoms with Crippen LogP contribution in [-0.4, -0.2) is 29.2 Å². The van der Waals surface area contributed by atoms with Gasteiger partial charge in [0, 0.05) is 25.2 Å². The molecule has 8 heteroatoms. The summed E-state index contributed by atoms with van der Waals surface area (Å²) in [5, 5.41) is 16.8. The normalized spacial score (nSPS) is 12.6. The molecular weight excluding hydrogens is 366 g/mol. The molecule has 0 bridgehead atoms. The molecule has 1 atom stereocenters. The highest BCUT2D eigenvalue weighted by Gasteiger charge is 2.17. The summed E-state index contributed by atoms with van der Waals surface area (Å²) < 4.78 is 5.62. The number of nitro benzene ring substituents is 1. The van der Waals surface area contributed by atoms with Gasteiger partial charge in [-0.15, -0.1) is 0 Å². The first-order valence-corrected chi connectivity index (χ1v) is 8.01. The Morgan fingerprint density at radius 3 is 2.65 bits per heavy atom. The molecule has 0 aliphatic carbocycles. The molecule has 1 rings (SSSR count). The first kappa shape index (κ1) is 19.4. The fraction of sp³-hybridized carbons (Fsp3) is 0.533. The van der Waals surface area contributed by atoms with Gasteiger partial charge in [0.15, 0.2) is 0 Å². The molecule has 0 aliphatic rings. The number of nitrogens with one attached hydrogen (secondary N) is 2. The molecule has 23 heavy (non-hydrogen) atoms. The second-order valence-electron chi connectivity index (χ2n) is 6.22. The highest BCUT2D eigenvalue weighted by Crippen LogP contribution is 2.25. The summed E-state index contributed by atoms with van der Waals surface area (Å²) in [6.07, 6.45) is -0.467. The topological polar surface area (TPSA) is 93.5 Å². The van der Waals surface area contributed by atoms with Crippen molar-refractivity contribution in [1.82, 2.24) is 10.6 Å². The van der Waals surface area contributed by atoms with Crippen LogP contribution in [0.3, 0.4) is 0 Å². The maximum Gasteiger partial charge on any atom is 0.407 e. The van der Waals surface area contributed by atoms with E-state index in [1.807, 2.05) is 6.92 Å². The SMILES string of the molecule is CC(CNCc1ccc(Br)c([N+](=O)[O-])c1)NC(=O)OC(C)(C)C. The molecule has 0 fully saturated rings. The Labute approximate surface area is 144 Å². The lowest BCUT2D eigenvalue weighted by atomic mass is 10.2. The summed E-state index contributed by atoms with van der Waals surface area (Å²) in [4.78, 5) is 22.1. The van der Waals surface area contributed by atoms with E-state index in [-0.39, 0.29) is 11.7 Å². The first-order valence-electron chi connectivity index (χ1n) is 7.21. The second-order valence-corrected chi connectivity index (χ2v) is 7.08. The number of nitrogens with zero attached hydrogens (tertiary/aromatic N) is 1. The Morgan fingerprint density at radius 1 is 1.43 bits per heavy atom. The van der Waals surface area contributed by atoms with Crippen molar-refractivity contribution in [3.05, 3.63) is 38.3 Å². The highest BCUT2D eigenvalue weighted by atomic mass is 79.9. The highest BCUT2D eigenvalue weighted by molar-refractivity contribution is 9.10. The van der Waals surface area contributed by atoms with Gasteiger partial charge in [-0.1, -0.05) is 6.07 Å². The molecule has 1 aromatic rings. The van der Waals surface area contributed by atoms with E-state index in [0.717, 1.165) is 5.56 Å². The van der Waals surface area contributed by atoms with Gasteiger partial charge in [0.1, 0.15) is 5.60 Å². The molecule has 1 aromatic carbocycles. The van der Waals surface area contributed by atoms with Crippen LogP contribution >= 0.6 is 15.9 Å². The zero-order valence-corrected chi connectivity index (χ0v) is 15.3. The number of halogens is 1. The van der Waals surface area contributed by atoms with E-state index in [4.69, 9.17) is 4.74 Å². The van der Waals surface area contributed by atoms with E-state index in [9.17, 15) is 14.9 Å². The van der Waals surface area contributed by atoms with Crippen LogP contribution in [0.2, 0.25) is 0 Å². The van der Waals surface area contributed by atoms with Crippen LogP contribution in [0, 0.1) is 10.1 Å². The molecule has 0 spiro atoms. The average molecular weight is 388 g/mol. The van der Waals surface area contributed by atoms with Crippen molar-refractivity contribution in [2.24, 2.45) is 0 Å². The monoisotopic (exact) mass is 387 g/mol. The number of ether oxygens (including phenoxy) is 1. The first-order chi connectivity index (χ1) is 10.6. The number of nitro groups is 1. The van der Waals surface area contributed by atoms with Crippen LogP contribution in [0.15, 0.2) is 22.7 Å². The largest absolute Gasteiger partial charge is 0.444 e. The van der Waals surface area contributed by atoms with Gasteiger partial charge in [0.05, 0.1) is 9.40 Å². The molecule has 0 saturated carbocycles. The van der Waals surface area contributed by atoms with Crippen LogP contribution in [-0.2, 0) is 11.3 Å². The maximum atomic E-state index is 11.6. The molecule has 7 nitrogen and oxygen atoms in total. The smallest absolute Gasteiger partial charge is 0.407 e. The Kier molecular flexibility index (Phi) is 6.96. The quantitative estimate of drug-likeness (QED) is 0.576. The van der Waals surface area contributed by atoms with E-state index in [1.165, 1.54) is 6.07 Å². The lowest BCUT2D eigenvalue weighted by molar-refractivity contribution is -0.385. The molecule has 1 unspecified atom stereocenters. The zero-order chi connectivity index (χ0) is 17.6. The van der Waals surface area contributed by atoms with Crippen molar-refractivity contribution >= 4 is 27.7 Å². The van der Waals surface area contributed by atoms with E-state index in [0.29, 0.717) is 17.6 Å². The molecule has 0 aromatic heterocycles. The Bertz CT molecular complexity index is 572. The maximum absolute atomic E-state index is 11.6. The molecule has 0 aliphatic heterocycles. The number of carbonyl (C=O) groups is 1. The third-order valence-electron chi connectivity index (χ3n) is 2.75. The van der Waals surface area contributed by atoms with Crippen LogP contribution < -0.4 is 10.6 Å². The lowest BCUT2D eigenvalue weighted by Crippen LogP contribution is -2.42. The fourth-order valence-corrected chi connectivity index (χ4v) is 2.19. The predicted octanol–water partition coefficient (Wildman–Crippen LogP) is 3.36. The molecule has 2 N–H and O–H groups in total. The summed E-state index contributed by atoms with van der Waals surface area (Å²) in [6.45, 7) is 8.24. The van der Waals surface area contributed by atoms with Crippen LogP contribution in [0.4, 0.5) is 10.5 Å². The van der Waals surface area contributed by atoms with Crippen molar-refractivity contribution in [1.29, 1.82) is 0 Å². The summed E-state index contributed by atoms with van der Waals surface area (Å²) >= 11 is 3.15. The van der Waals surface area contributed by atoms with E-state index in [1.54, 1.807) is 32.9 Å². The van der Waals surface area contributed by atoms with Crippen LogP contribution in [0.1, 0.15) is 33.3 Å². The summed E-state index contributed by atoms with van der Waals surface area (Å²) in [7, 11) is 0. The van der Waals surface area contributed by atoms with Crippen LogP contribution in [0.5, 0.6) is 0 Å². The number of alkyl carbamates (subject to hydrolysis) is 1. The lowest BCUT2D eigenvalue weighted by Gasteiger charge is -2.22. The van der Waals surface area contributed by atoms with Crippen molar-refractivity contribution in [3.8, 4) is 0 Å².